The molecule has 1 N–H and O–H groups in total. The Morgan fingerprint density at radius 1 is 1.12 bits per heavy atom. The van der Waals surface area contributed by atoms with E-state index in [1.807, 2.05) is 0 Å². The third kappa shape index (κ3) is 4.06. The van der Waals surface area contributed by atoms with Crippen LogP contribution in [0.3, 0.4) is 0 Å². The fraction of sp³-hybridized carbons (Fsp3) is 0.500. The van der Waals surface area contributed by atoms with Crippen LogP contribution in [0, 0.1) is 17.8 Å². The lowest BCUT2D eigenvalue weighted by Crippen LogP contribution is -2.54. The van der Waals surface area contributed by atoms with E-state index < -0.39 is 6.36 Å². The summed E-state index contributed by atoms with van der Waals surface area (Å²) < 4.78 is 40.3. The second kappa shape index (κ2) is 6.98. The average Bonchev–Trinajstić information content (AvgIpc) is 2.51. The third-order valence-corrected chi connectivity index (χ3v) is 5.31. The number of piperidine rings is 3. The molecule has 1 amide bonds. The van der Waals surface area contributed by atoms with Crippen LogP contribution in [-0.2, 0) is 4.79 Å². The summed E-state index contributed by atoms with van der Waals surface area (Å²) in [5.74, 6) is 1.18. The Morgan fingerprint density at radius 2 is 1.73 bits per heavy atom. The van der Waals surface area contributed by atoms with Crippen molar-refractivity contribution in [2.24, 2.45) is 17.8 Å². The van der Waals surface area contributed by atoms with Crippen molar-refractivity contribution in [1.82, 2.24) is 4.90 Å². The summed E-state index contributed by atoms with van der Waals surface area (Å²) in [6, 6.07) is 5.18. The molecule has 3 radical (unpaired) electrons. The number of amides is 1. The Balaban J connectivity index is 0.00000196. The fourth-order valence-corrected chi connectivity index (χ4v) is 4.53. The minimum Gasteiger partial charge on any atom is -0.406 e. The van der Waals surface area contributed by atoms with E-state index >= 15 is 0 Å². The number of hydrogen-bond acceptors (Lipinski definition) is 3. The van der Waals surface area contributed by atoms with Crippen LogP contribution in [0.5, 0.6) is 5.75 Å². The molecular formula is C18H19BF3N2O2. The van der Waals surface area contributed by atoms with E-state index in [0.29, 0.717) is 17.5 Å². The van der Waals surface area contributed by atoms with Crippen molar-refractivity contribution >= 4 is 20.0 Å². The van der Waals surface area contributed by atoms with Gasteiger partial charge in [0.15, 0.2) is 0 Å². The van der Waals surface area contributed by atoms with E-state index in [2.05, 4.69) is 15.0 Å². The van der Waals surface area contributed by atoms with Crippen molar-refractivity contribution < 1.29 is 22.7 Å². The average molecular weight is 363 g/mol. The number of rotatable bonds is 3. The second-order valence-corrected chi connectivity index (χ2v) is 7.16. The molecule has 4 nitrogen and oxygen atoms in total. The number of nitrogens with zero attached hydrogens (tertiary/aromatic N) is 1. The SMILES string of the molecule is O=C(C=C1C2CC3CC1CN(C3)C2)Nc1ccc(OC(F)(F)F)cc1.[B]. The summed E-state index contributed by atoms with van der Waals surface area (Å²) in [6.45, 7) is 3.27. The van der Waals surface area contributed by atoms with Gasteiger partial charge in [-0.3, -0.25) is 4.79 Å². The minimum atomic E-state index is -4.72. The fourth-order valence-electron chi connectivity index (χ4n) is 4.53. The molecule has 0 aromatic heterocycles. The van der Waals surface area contributed by atoms with Crippen LogP contribution in [0.1, 0.15) is 12.8 Å². The van der Waals surface area contributed by atoms with Gasteiger partial charge in [0.2, 0.25) is 5.91 Å². The van der Waals surface area contributed by atoms with Gasteiger partial charge in [0.25, 0.3) is 0 Å². The summed E-state index contributed by atoms with van der Waals surface area (Å²) in [5.41, 5.74) is 1.69. The molecular weight excluding hydrogens is 344 g/mol. The summed E-state index contributed by atoms with van der Waals surface area (Å²) in [4.78, 5) is 14.8. The van der Waals surface area contributed by atoms with Crippen molar-refractivity contribution in [2.75, 3.05) is 25.0 Å². The number of ether oxygens (including phenoxy) is 1. The minimum absolute atomic E-state index is 0. The predicted molar refractivity (Wildman–Crippen MR) is 91.7 cm³/mol. The maximum Gasteiger partial charge on any atom is 0.573 e. The number of hydrogen-bond donors (Lipinski definition) is 1. The Morgan fingerprint density at radius 3 is 2.27 bits per heavy atom. The van der Waals surface area contributed by atoms with Crippen molar-refractivity contribution in [2.45, 2.75) is 19.2 Å². The Bertz CT molecular complexity index is 673. The van der Waals surface area contributed by atoms with Gasteiger partial charge in [0.1, 0.15) is 5.75 Å². The van der Waals surface area contributed by atoms with Crippen LogP contribution < -0.4 is 10.1 Å². The number of anilines is 1. The summed E-state index contributed by atoms with van der Waals surface area (Å²) >= 11 is 0. The van der Waals surface area contributed by atoms with Crippen LogP contribution in [0.25, 0.3) is 0 Å². The van der Waals surface area contributed by atoms with Gasteiger partial charge < -0.3 is 15.0 Å². The molecule has 137 valence electrons. The standard InChI is InChI=1S/C18H19F3N2O2.B/c19-18(20,21)25-15-3-1-14(2-4-15)22-17(24)7-16-12-5-11-6-13(16)10-23(8-11)9-12;/h1-4,7,11-13H,5-6,8-10H2,(H,22,24);. The molecule has 26 heavy (non-hydrogen) atoms. The van der Waals surface area contributed by atoms with E-state index in [1.165, 1.54) is 36.4 Å². The molecule has 8 heteroatoms. The lowest BCUT2D eigenvalue weighted by molar-refractivity contribution is -0.274. The molecule has 0 spiro atoms. The first-order valence-electron chi connectivity index (χ1n) is 8.46. The maximum absolute atomic E-state index is 12.3. The molecule has 2 atom stereocenters. The summed E-state index contributed by atoms with van der Waals surface area (Å²) in [7, 11) is 0. The van der Waals surface area contributed by atoms with E-state index in [4.69, 9.17) is 0 Å². The number of carbonyl (C=O) groups excluding carboxylic acids is 1. The Labute approximate surface area is 152 Å². The molecule has 4 aliphatic rings. The van der Waals surface area contributed by atoms with Gasteiger partial charge in [0, 0.05) is 39.8 Å². The predicted octanol–water partition coefficient (Wildman–Crippen LogP) is 3.04. The largest absolute Gasteiger partial charge is 0.573 e. The smallest absolute Gasteiger partial charge is 0.406 e. The summed E-state index contributed by atoms with van der Waals surface area (Å²) in [6.07, 6.45) is -0.690. The van der Waals surface area contributed by atoms with Crippen LogP contribution in [-0.4, -0.2) is 45.2 Å². The van der Waals surface area contributed by atoms with Gasteiger partial charge in [-0.15, -0.1) is 13.2 Å². The lowest BCUT2D eigenvalue weighted by atomic mass is 9.65. The van der Waals surface area contributed by atoms with Gasteiger partial charge in [-0.25, -0.2) is 0 Å². The highest BCUT2D eigenvalue weighted by Crippen LogP contribution is 2.46. The Kier molecular flexibility index (Phi) is 5.06. The van der Waals surface area contributed by atoms with Gasteiger partial charge >= 0.3 is 6.36 Å². The molecule has 5 rings (SSSR count). The molecule has 1 saturated carbocycles. The highest BCUT2D eigenvalue weighted by molar-refractivity contribution is 5.99. The maximum atomic E-state index is 12.3. The molecule has 2 unspecified atom stereocenters. The normalized spacial score (nSPS) is 29.1. The van der Waals surface area contributed by atoms with Crippen LogP contribution in [0.2, 0.25) is 0 Å². The number of benzene rings is 1. The zero-order valence-electron chi connectivity index (χ0n) is 14.1. The molecule has 4 bridgehead atoms. The monoisotopic (exact) mass is 363 g/mol. The molecule has 1 aromatic carbocycles. The van der Waals surface area contributed by atoms with Crippen LogP contribution >= 0.6 is 0 Å². The molecule has 1 aliphatic carbocycles. The van der Waals surface area contributed by atoms with E-state index in [0.717, 1.165) is 31.8 Å². The van der Waals surface area contributed by atoms with E-state index in [9.17, 15) is 18.0 Å². The van der Waals surface area contributed by atoms with Gasteiger partial charge in [-0.1, -0.05) is 5.57 Å². The molecule has 3 heterocycles. The number of nitrogens with one attached hydrogen (secondary N) is 1. The van der Waals surface area contributed by atoms with Crippen molar-refractivity contribution in [3.8, 4) is 5.75 Å². The molecule has 4 fully saturated rings. The highest BCUT2D eigenvalue weighted by atomic mass is 19.4. The quantitative estimate of drug-likeness (QED) is 0.663. The first-order valence-corrected chi connectivity index (χ1v) is 8.46. The number of carbonyl (C=O) groups is 1. The Hall–Kier alpha value is -1.96. The highest BCUT2D eigenvalue weighted by Gasteiger charge is 2.44. The number of halogens is 3. The summed E-state index contributed by atoms with van der Waals surface area (Å²) in [5, 5.41) is 2.73. The second-order valence-electron chi connectivity index (χ2n) is 7.16. The van der Waals surface area contributed by atoms with E-state index in [-0.39, 0.29) is 20.1 Å². The van der Waals surface area contributed by atoms with Crippen molar-refractivity contribution in [3.05, 3.63) is 35.9 Å². The van der Waals surface area contributed by atoms with E-state index in [1.54, 1.807) is 6.08 Å². The zero-order valence-corrected chi connectivity index (χ0v) is 14.1. The van der Waals surface area contributed by atoms with Gasteiger partial charge in [-0.2, -0.15) is 0 Å². The van der Waals surface area contributed by atoms with Gasteiger partial charge in [0.05, 0.1) is 0 Å². The van der Waals surface area contributed by atoms with Gasteiger partial charge in [-0.05, 0) is 54.9 Å². The lowest BCUT2D eigenvalue weighted by Gasteiger charge is -2.53. The third-order valence-electron chi connectivity index (χ3n) is 5.31. The topological polar surface area (TPSA) is 41.6 Å². The first kappa shape index (κ1) is 18.8. The molecule has 3 saturated heterocycles. The molecule has 1 aromatic rings. The van der Waals surface area contributed by atoms with Crippen molar-refractivity contribution in [3.63, 3.8) is 0 Å². The first-order chi connectivity index (χ1) is 11.9. The van der Waals surface area contributed by atoms with Crippen LogP contribution in [0.4, 0.5) is 18.9 Å². The van der Waals surface area contributed by atoms with Crippen molar-refractivity contribution in [1.29, 1.82) is 0 Å². The number of alkyl halides is 3. The molecule has 3 aliphatic heterocycles. The van der Waals surface area contributed by atoms with Crippen LogP contribution in [0.15, 0.2) is 35.9 Å². The zero-order chi connectivity index (χ0) is 17.6.